The van der Waals surface area contributed by atoms with Gasteiger partial charge in [0, 0.05) is 18.7 Å². The van der Waals surface area contributed by atoms with Gasteiger partial charge in [-0.1, -0.05) is 42.5 Å². The van der Waals surface area contributed by atoms with E-state index < -0.39 is 0 Å². The second-order valence-electron chi connectivity index (χ2n) is 6.75. The van der Waals surface area contributed by atoms with Gasteiger partial charge < -0.3 is 9.88 Å². The molecule has 0 saturated carbocycles. The second-order valence-corrected chi connectivity index (χ2v) is 6.75. The first-order chi connectivity index (χ1) is 13.6. The number of imidazole rings is 1. The van der Waals surface area contributed by atoms with Crippen LogP contribution in [-0.4, -0.2) is 27.0 Å². The highest BCUT2D eigenvalue weighted by Gasteiger charge is 2.12. The van der Waals surface area contributed by atoms with Crippen molar-refractivity contribution in [2.75, 3.05) is 6.54 Å². The summed E-state index contributed by atoms with van der Waals surface area (Å²) in [4.78, 5) is 21.8. The zero-order valence-electron chi connectivity index (χ0n) is 16.0. The summed E-state index contributed by atoms with van der Waals surface area (Å²) in [7, 11) is 0. The highest BCUT2D eigenvalue weighted by atomic mass is 16.1. The molecular weight excluding hydrogens is 348 g/mol. The number of hydrogen-bond acceptors (Lipinski definition) is 3. The van der Waals surface area contributed by atoms with Crippen LogP contribution in [0.5, 0.6) is 0 Å². The maximum absolute atomic E-state index is 12.6. The van der Waals surface area contributed by atoms with Crippen molar-refractivity contribution in [2.24, 2.45) is 0 Å². The molecule has 0 fully saturated rings. The minimum Gasteiger partial charge on any atom is -0.350 e. The first kappa shape index (κ1) is 17.9. The van der Waals surface area contributed by atoms with Crippen LogP contribution in [0.4, 0.5) is 0 Å². The second kappa shape index (κ2) is 7.64. The molecule has 2 aromatic heterocycles. The molecule has 0 aliphatic heterocycles. The molecule has 28 heavy (non-hydrogen) atoms. The van der Waals surface area contributed by atoms with Gasteiger partial charge in [0.1, 0.15) is 5.82 Å². The fourth-order valence-corrected chi connectivity index (χ4v) is 3.43. The van der Waals surface area contributed by atoms with Gasteiger partial charge in [-0.3, -0.25) is 9.78 Å². The van der Waals surface area contributed by atoms with Crippen LogP contribution in [0.2, 0.25) is 0 Å². The summed E-state index contributed by atoms with van der Waals surface area (Å²) < 4.78 is 2.12. The third-order valence-corrected chi connectivity index (χ3v) is 4.87. The predicted molar refractivity (Wildman–Crippen MR) is 111 cm³/mol. The number of nitrogens with zero attached hydrogens (tertiary/aromatic N) is 3. The molecular formula is C23H22N4O. The minimum atomic E-state index is -0.105. The van der Waals surface area contributed by atoms with Crippen LogP contribution in [0.1, 0.15) is 21.9 Å². The number of aryl methyl sites for hydroxylation is 2. The van der Waals surface area contributed by atoms with Crippen molar-refractivity contribution >= 4 is 16.9 Å². The lowest BCUT2D eigenvalue weighted by molar-refractivity contribution is 0.0951. The molecule has 1 N–H and O–H groups in total. The smallest absolute Gasteiger partial charge is 0.253 e. The van der Waals surface area contributed by atoms with Crippen molar-refractivity contribution in [1.82, 2.24) is 19.9 Å². The lowest BCUT2D eigenvalue weighted by atomic mass is 10.1. The molecule has 5 heteroatoms. The van der Waals surface area contributed by atoms with Crippen molar-refractivity contribution in [3.8, 4) is 11.3 Å². The standard InChI is InChI=1S/C23H22N4O/c1-16-19(12-13-20(25-16)18-8-4-3-5-9-18)23(28)24-14-15-27-17(2)26-21-10-6-7-11-22(21)27/h3-13H,14-15H2,1-2H3,(H,24,28). The Morgan fingerprint density at radius 2 is 1.68 bits per heavy atom. The summed E-state index contributed by atoms with van der Waals surface area (Å²) in [6.45, 7) is 5.06. The van der Waals surface area contributed by atoms with E-state index in [2.05, 4.69) is 19.9 Å². The number of fused-ring (bicyclic) bond motifs is 1. The van der Waals surface area contributed by atoms with Crippen molar-refractivity contribution < 1.29 is 4.79 Å². The Kier molecular flexibility index (Phi) is 4.89. The van der Waals surface area contributed by atoms with E-state index in [-0.39, 0.29) is 5.91 Å². The van der Waals surface area contributed by atoms with Gasteiger partial charge in [0.25, 0.3) is 5.91 Å². The average Bonchev–Trinajstić information content (AvgIpc) is 3.04. The molecule has 0 aliphatic rings. The quantitative estimate of drug-likeness (QED) is 0.574. The van der Waals surface area contributed by atoms with E-state index in [1.807, 2.05) is 80.6 Å². The van der Waals surface area contributed by atoms with E-state index >= 15 is 0 Å². The van der Waals surface area contributed by atoms with Gasteiger partial charge in [0.2, 0.25) is 0 Å². The Morgan fingerprint density at radius 3 is 2.46 bits per heavy atom. The van der Waals surface area contributed by atoms with Crippen LogP contribution in [0, 0.1) is 13.8 Å². The summed E-state index contributed by atoms with van der Waals surface area (Å²) in [6.07, 6.45) is 0. The largest absolute Gasteiger partial charge is 0.350 e. The number of rotatable bonds is 5. The first-order valence-electron chi connectivity index (χ1n) is 9.36. The number of para-hydroxylation sites is 2. The number of carbonyl (C=O) groups excluding carboxylic acids is 1. The molecule has 0 spiro atoms. The number of nitrogens with one attached hydrogen (secondary N) is 1. The number of benzene rings is 2. The van der Waals surface area contributed by atoms with Crippen LogP contribution in [0.25, 0.3) is 22.3 Å². The molecule has 1 amide bonds. The summed E-state index contributed by atoms with van der Waals surface area (Å²) in [6, 6.07) is 21.7. The summed E-state index contributed by atoms with van der Waals surface area (Å²) >= 11 is 0. The Hall–Kier alpha value is -3.47. The summed E-state index contributed by atoms with van der Waals surface area (Å²) in [5, 5.41) is 3.00. The van der Waals surface area contributed by atoms with Crippen LogP contribution in [0.3, 0.4) is 0 Å². The molecule has 2 heterocycles. The fraction of sp³-hybridized carbons (Fsp3) is 0.174. The minimum absolute atomic E-state index is 0.105. The third kappa shape index (κ3) is 3.51. The number of amides is 1. The lowest BCUT2D eigenvalue weighted by Crippen LogP contribution is -2.28. The van der Waals surface area contributed by atoms with Gasteiger partial charge >= 0.3 is 0 Å². The monoisotopic (exact) mass is 370 g/mol. The van der Waals surface area contributed by atoms with E-state index in [4.69, 9.17) is 0 Å². The topological polar surface area (TPSA) is 59.8 Å². The highest BCUT2D eigenvalue weighted by molar-refractivity contribution is 5.95. The molecule has 0 radical (unpaired) electrons. The summed E-state index contributed by atoms with van der Waals surface area (Å²) in [5.41, 5.74) is 5.30. The van der Waals surface area contributed by atoms with E-state index in [0.717, 1.165) is 33.8 Å². The first-order valence-corrected chi connectivity index (χ1v) is 9.36. The SMILES string of the molecule is Cc1nc(-c2ccccc2)ccc1C(=O)NCCn1c(C)nc2ccccc21. The highest BCUT2D eigenvalue weighted by Crippen LogP contribution is 2.19. The van der Waals surface area contributed by atoms with Gasteiger partial charge in [-0.25, -0.2) is 4.98 Å². The molecule has 2 aromatic carbocycles. The normalized spacial score (nSPS) is 10.9. The Balaban J connectivity index is 1.44. The summed E-state index contributed by atoms with van der Waals surface area (Å²) in [5.74, 6) is 0.840. The van der Waals surface area contributed by atoms with Gasteiger partial charge in [0.05, 0.1) is 28.0 Å². The number of carbonyl (C=O) groups is 1. The van der Waals surface area contributed by atoms with Gasteiger partial charge in [0.15, 0.2) is 0 Å². The van der Waals surface area contributed by atoms with Crippen LogP contribution < -0.4 is 5.32 Å². The molecule has 0 unspecified atom stereocenters. The third-order valence-electron chi connectivity index (χ3n) is 4.87. The maximum atomic E-state index is 12.6. The molecule has 0 bridgehead atoms. The van der Waals surface area contributed by atoms with E-state index in [1.54, 1.807) is 0 Å². The molecule has 0 aliphatic carbocycles. The zero-order chi connectivity index (χ0) is 19.5. The molecule has 5 nitrogen and oxygen atoms in total. The Bertz CT molecular complexity index is 1130. The predicted octanol–water partition coefficient (Wildman–Crippen LogP) is 4.15. The van der Waals surface area contributed by atoms with Crippen molar-refractivity contribution in [3.05, 3.63) is 83.8 Å². The fourth-order valence-electron chi connectivity index (χ4n) is 3.43. The maximum Gasteiger partial charge on any atom is 0.253 e. The molecule has 140 valence electrons. The van der Waals surface area contributed by atoms with Crippen molar-refractivity contribution in [3.63, 3.8) is 0 Å². The van der Waals surface area contributed by atoms with Gasteiger partial charge in [-0.05, 0) is 38.1 Å². The van der Waals surface area contributed by atoms with Gasteiger partial charge in [-0.2, -0.15) is 0 Å². The molecule has 0 saturated heterocycles. The van der Waals surface area contributed by atoms with Crippen LogP contribution in [0.15, 0.2) is 66.7 Å². The number of hydrogen-bond donors (Lipinski definition) is 1. The molecule has 0 atom stereocenters. The van der Waals surface area contributed by atoms with Gasteiger partial charge in [-0.15, -0.1) is 0 Å². The molecule has 4 aromatic rings. The average molecular weight is 370 g/mol. The van der Waals surface area contributed by atoms with E-state index in [1.165, 1.54) is 0 Å². The molecule has 4 rings (SSSR count). The van der Waals surface area contributed by atoms with Crippen molar-refractivity contribution in [2.45, 2.75) is 20.4 Å². The zero-order valence-corrected chi connectivity index (χ0v) is 16.0. The van der Waals surface area contributed by atoms with Crippen molar-refractivity contribution in [1.29, 1.82) is 0 Å². The number of aromatic nitrogens is 3. The lowest BCUT2D eigenvalue weighted by Gasteiger charge is -2.11. The van der Waals surface area contributed by atoms with E-state index in [9.17, 15) is 4.79 Å². The Morgan fingerprint density at radius 1 is 0.929 bits per heavy atom. The number of pyridine rings is 1. The van der Waals surface area contributed by atoms with E-state index in [0.29, 0.717) is 18.7 Å². The van der Waals surface area contributed by atoms with Crippen LogP contribution >= 0.6 is 0 Å². The van der Waals surface area contributed by atoms with Crippen LogP contribution in [-0.2, 0) is 6.54 Å². The Labute approximate surface area is 164 Å².